The van der Waals surface area contributed by atoms with E-state index in [9.17, 15) is 13.6 Å². The Balaban J connectivity index is 1.55. The van der Waals surface area contributed by atoms with Crippen LogP contribution in [0.3, 0.4) is 0 Å². The molecule has 32 heavy (non-hydrogen) atoms. The third-order valence-corrected chi connectivity index (χ3v) is 6.46. The van der Waals surface area contributed by atoms with Gasteiger partial charge in [-0.05, 0) is 62.2 Å². The maximum absolute atomic E-state index is 13.4. The number of rotatable bonds is 7. The minimum atomic E-state index is -0.537. The zero-order valence-electron chi connectivity index (χ0n) is 17.2. The Morgan fingerprint density at radius 2 is 2.00 bits per heavy atom. The number of carbonyl (C=O) groups is 1. The molecule has 4 rings (SSSR count). The highest BCUT2D eigenvalue weighted by Gasteiger charge is 2.25. The number of hydrogen-bond acceptors (Lipinski definition) is 5. The second-order valence-electron chi connectivity index (χ2n) is 7.43. The molecule has 2 atom stereocenters. The van der Waals surface area contributed by atoms with Gasteiger partial charge in [0.05, 0.1) is 28.6 Å². The fraction of sp³-hybridized carbons (Fsp3) is 0.318. The standard InChI is InChI=1S/C22H21ClF2N4O2S/c1-13(21(30)26-19-9-8-16(25)11-18(19)23)32-22-28-27-20(14-4-6-15(24)7-5-14)29(22)12-17-3-2-10-31-17/h4-9,11,13,17H,2-3,10,12H2,1H3,(H,26,30)/t13-,17+/m0/s1. The topological polar surface area (TPSA) is 69.0 Å². The number of nitrogens with one attached hydrogen (secondary N) is 1. The van der Waals surface area contributed by atoms with Crippen molar-refractivity contribution in [2.75, 3.05) is 11.9 Å². The van der Waals surface area contributed by atoms with Crippen LogP contribution in [0.2, 0.25) is 5.02 Å². The van der Waals surface area contributed by atoms with Crippen LogP contribution in [-0.4, -0.2) is 38.6 Å². The first kappa shape index (κ1) is 22.7. The summed E-state index contributed by atoms with van der Waals surface area (Å²) >= 11 is 7.25. The molecule has 0 spiro atoms. The SMILES string of the molecule is C[C@H](Sc1nnc(-c2ccc(F)cc2)n1C[C@H]1CCCO1)C(=O)Nc1ccc(F)cc1Cl. The number of nitrogens with zero attached hydrogens (tertiary/aromatic N) is 3. The number of hydrogen-bond donors (Lipinski definition) is 1. The molecule has 2 heterocycles. The first-order valence-electron chi connectivity index (χ1n) is 10.1. The average molecular weight is 479 g/mol. The van der Waals surface area contributed by atoms with Crippen molar-refractivity contribution in [1.82, 2.24) is 14.8 Å². The van der Waals surface area contributed by atoms with Crippen LogP contribution < -0.4 is 5.32 Å². The van der Waals surface area contributed by atoms with E-state index >= 15 is 0 Å². The summed E-state index contributed by atoms with van der Waals surface area (Å²) in [5.74, 6) is -0.542. The first-order valence-corrected chi connectivity index (χ1v) is 11.4. The number of ether oxygens (including phenoxy) is 1. The van der Waals surface area contributed by atoms with Crippen molar-refractivity contribution in [3.8, 4) is 11.4 Å². The summed E-state index contributed by atoms with van der Waals surface area (Å²) in [6, 6.07) is 9.82. The van der Waals surface area contributed by atoms with Crippen LogP contribution >= 0.6 is 23.4 Å². The van der Waals surface area contributed by atoms with Crippen molar-refractivity contribution in [2.24, 2.45) is 0 Å². The summed E-state index contributed by atoms with van der Waals surface area (Å²) in [6.45, 7) is 2.97. The Kier molecular flexibility index (Phi) is 7.07. The van der Waals surface area contributed by atoms with Gasteiger partial charge in [-0.15, -0.1) is 10.2 Å². The summed E-state index contributed by atoms with van der Waals surface area (Å²) in [4.78, 5) is 12.7. The monoisotopic (exact) mass is 478 g/mol. The second-order valence-corrected chi connectivity index (χ2v) is 9.15. The first-order chi connectivity index (χ1) is 15.4. The lowest BCUT2D eigenvalue weighted by Crippen LogP contribution is -2.24. The Hall–Kier alpha value is -2.49. The van der Waals surface area contributed by atoms with Crippen LogP contribution in [0, 0.1) is 11.6 Å². The van der Waals surface area contributed by atoms with Crippen LogP contribution in [0.5, 0.6) is 0 Å². The molecule has 1 aliphatic heterocycles. The van der Waals surface area contributed by atoms with Gasteiger partial charge >= 0.3 is 0 Å². The lowest BCUT2D eigenvalue weighted by Gasteiger charge is -2.17. The molecule has 0 radical (unpaired) electrons. The van der Waals surface area contributed by atoms with Gasteiger partial charge in [0.1, 0.15) is 11.6 Å². The zero-order valence-corrected chi connectivity index (χ0v) is 18.8. The molecule has 0 aliphatic carbocycles. The molecule has 6 nitrogen and oxygen atoms in total. The normalized spacial score (nSPS) is 16.8. The molecular formula is C22H21ClF2N4O2S. The molecular weight excluding hydrogens is 458 g/mol. The Bertz CT molecular complexity index is 1100. The van der Waals surface area contributed by atoms with Crippen molar-refractivity contribution in [3.05, 3.63) is 59.1 Å². The van der Waals surface area contributed by atoms with E-state index in [1.54, 1.807) is 19.1 Å². The summed E-state index contributed by atoms with van der Waals surface area (Å²) in [7, 11) is 0. The zero-order chi connectivity index (χ0) is 22.7. The van der Waals surface area contributed by atoms with Crippen molar-refractivity contribution in [2.45, 2.75) is 42.8 Å². The van der Waals surface area contributed by atoms with Crippen LogP contribution in [-0.2, 0) is 16.1 Å². The number of benzene rings is 2. The van der Waals surface area contributed by atoms with Gasteiger partial charge in [0.15, 0.2) is 11.0 Å². The Morgan fingerprint density at radius 3 is 2.69 bits per heavy atom. The highest BCUT2D eigenvalue weighted by molar-refractivity contribution is 8.00. The maximum atomic E-state index is 13.4. The second kappa shape index (κ2) is 9.97. The average Bonchev–Trinajstić information content (AvgIpc) is 3.41. The predicted molar refractivity (Wildman–Crippen MR) is 120 cm³/mol. The molecule has 1 saturated heterocycles. The van der Waals surface area contributed by atoms with E-state index in [0.29, 0.717) is 29.8 Å². The van der Waals surface area contributed by atoms with Gasteiger partial charge in [-0.3, -0.25) is 9.36 Å². The van der Waals surface area contributed by atoms with E-state index in [1.807, 2.05) is 4.57 Å². The number of aromatic nitrogens is 3. The molecule has 0 saturated carbocycles. The number of halogens is 3. The van der Waals surface area contributed by atoms with E-state index in [-0.39, 0.29) is 22.9 Å². The quantitative estimate of drug-likeness (QED) is 0.474. The molecule has 0 bridgehead atoms. The van der Waals surface area contributed by atoms with Crippen LogP contribution in [0.4, 0.5) is 14.5 Å². The number of carbonyl (C=O) groups excluding carboxylic acids is 1. The minimum absolute atomic E-state index is 0.0201. The van der Waals surface area contributed by atoms with Gasteiger partial charge < -0.3 is 10.1 Å². The predicted octanol–water partition coefficient (Wildman–Crippen LogP) is 5.18. The van der Waals surface area contributed by atoms with Crippen LogP contribution in [0.1, 0.15) is 19.8 Å². The third kappa shape index (κ3) is 5.28. The number of anilines is 1. The van der Waals surface area contributed by atoms with Crippen molar-refractivity contribution in [3.63, 3.8) is 0 Å². The smallest absolute Gasteiger partial charge is 0.237 e. The number of thioether (sulfide) groups is 1. The summed E-state index contributed by atoms with van der Waals surface area (Å²) < 4.78 is 34.3. The number of amides is 1. The third-order valence-electron chi connectivity index (χ3n) is 5.07. The molecule has 1 fully saturated rings. The molecule has 10 heteroatoms. The van der Waals surface area contributed by atoms with Crippen molar-refractivity contribution >= 4 is 35.0 Å². The van der Waals surface area contributed by atoms with E-state index in [2.05, 4.69) is 15.5 Å². The largest absolute Gasteiger partial charge is 0.376 e. The van der Waals surface area contributed by atoms with Gasteiger partial charge in [-0.25, -0.2) is 8.78 Å². The van der Waals surface area contributed by atoms with Gasteiger partial charge in [-0.2, -0.15) is 0 Å². The fourth-order valence-corrected chi connectivity index (χ4v) is 4.45. The van der Waals surface area contributed by atoms with Gasteiger partial charge in [0.2, 0.25) is 5.91 Å². The molecule has 1 aromatic heterocycles. The summed E-state index contributed by atoms with van der Waals surface area (Å²) in [6.07, 6.45) is 1.93. The highest BCUT2D eigenvalue weighted by Crippen LogP contribution is 2.30. The minimum Gasteiger partial charge on any atom is -0.376 e. The van der Waals surface area contributed by atoms with E-state index in [1.165, 1.54) is 36.0 Å². The van der Waals surface area contributed by atoms with E-state index in [4.69, 9.17) is 16.3 Å². The molecule has 168 valence electrons. The molecule has 1 amide bonds. The maximum Gasteiger partial charge on any atom is 0.237 e. The highest BCUT2D eigenvalue weighted by atomic mass is 35.5. The Morgan fingerprint density at radius 1 is 1.25 bits per heavy atom. The fourth-order valence-electron chi connectivity index (χ4n) is 3.38. The molecule has 0 unspecified atom stereocenters. The lowest BCUT2D eigenvalue weighted by molar-refractivity contribution is -0.115. The van der Waals surface area contributed by atoms with Gasteiger partial charge in [-0.1, -0.05) is 23.4 Å². The van der Waals surface area contributed by atoms with Crippen molar-refractivity contribution in [1.29, 1.82) is 0 Å². The Labute approximate surface area is 193 Å². The molecule has 1 N–H and O–H groups in total. The van der Waals surface area contributed by atoms with E-state index < -0.39 is 11.1 Å². The molecule has 1 aliphatic rings. The van der Waals surface area contributed by atoms with Gasteiger partial charge in [0.25, 0.3) is 0 Å². The molecule has 2 aromatic carbocycles. The van der Waals surface area contributed by atoms with Crippen LogP contribution in [0.15, 0.2) is 47.6 Å². The summed E-state index contributed by atoms with van der Waals surface area (Å²) in [5, 5.41) is 11.4. The molecule has 3 aromatic rings. The summed E-state index contributed by atoms with van der Waals surface area (Å²) in [5.41, 5.74) is 1.05. The van der Waals surface area contributed by atoms with Gasteiger partial charge in [0, 0.05) is 12.2 Å². The van der Waals surface area contributed by atoms with Crippen LogP contribution in [0.25, 0.3) is 11.4 Å². The van der Waals surface area contributed by atoms with Crippen molar-refractivity contribution < 1.29 is 18.3 Å². The van der Waals surface area contributed by atoms with E-state index in [0.717, 1.165) is 24.5 Å². The lowest BCUT2D eigenvalue weighted by atomic mass is 10.2.